The highest BCUT2D eigenvalue weighted by molar-refractivity contribution is 6.04. The summed E-state index contributed by atoms with van der Waals surface area (Å²) >= 11 is 0. The van der Waals surface area contributed by atoms with Gasteiger partial charge in [0.2, 0.25) is 5.91 Å². The number of ether oxygens (including phenoxy) is 1. The molecule has 8 nitrogen and oxygen atoms in total. The lowest BCUT2D eigenvalue weighted by molar-refractivity contribution is -0.116. The van der Waals surface area contributed by atoms with E-state index < -0.39 is 0 Å². The van der Waals surface area contributed by atoms with Gasteiger partial charge in [-0.15, -0.1) is 0 Å². The van der Waals surface area contributed by atoms with Gasteiger partial charge in [-0.05, 0) is 29.7 Å². The third kappa shape index (κ3) is 6.50. The van der Waals surface area contributed by atoms with E-state index in [1.54, 1.807) is 13.1 Å². The molecule has 172 valence electrons. The Morgan fingerprint density at radius 1 is 0.970 bits per heavy atom. The van der Waals surface area contributed by atoms with Crippen LogP contribution in [0.3, 0.4) is 0 Å². The minimum absolute atomic E-state index is 0.121. The number of carbonyl (C=O) groups is 2. The van der Waals surface area contributed by atoms with E-state index in [-0.39, 0.29) is 17.5 Å². The number of rotatable bonds is 8. The number of hydrogen-bond acceptors (Lipinski definition) is 5. The number of aromatic nitrogens is 2. The molecule has 0 radical (unpaired) electrons. The van der Waals surface area contributed by atoms with Gasteiger partial charge in [0.1, 0.15) is 5.82 Å². The normalized spacial score (nSPS) is 14.1. The van der Waals surface area contributed by atoms with E-state index in [9.17, 15) is 9.59 Å². The summed E-state index contributed by atoms with van der Waals surface area (Å²) in [6.45, 7) is 4.13. The van der Waals surface area contributed by atoms with Crippen LogP contribution in [-0.4, -0.2) is 52.8 Å². The van der Waals surface area contributed by atoms with Crippen molar-refractivity contribution in [1.82, 2.24) is 14.7 Å². The molecule has 2 amide bonds. The highest BCUT2D eigenvalue weighted by Gasteiger charge is 2.16. The van der Waals surface area contributed by atoms with Crippen LogP contribution >= 0.6 is 0 Å². The molecule has 0 bridgehead atoms. The maximum atomic E-state index is 12.8. The van der Waals surface area contributed by atoms with E-state index >= 15 is 0 Å². The molecule has 1 saturated heterocycles. The van der Waals surface area contributed by atoms with E-state index in [1.165, 1.54) is 4.68 Å². The Balaban J connectivity index is 1.33. The Kier molecular flexibility index (Phi) is 7.49. The summed E-state index contributed by atoms with van der Waals surface area (Å²) in [7, 11) is 1.70. The molecule has 4 rings (SSSR count). The van der Waals surface area contributed by atoms with Gasteiger partial charge in [-0.2, -0.15) is 5.10 Å². The van der Waals surface area contributed by atoms with Crippen molar-refractivity contribution in [2.45, 2.75) is 19.4 Å². The van der Waals surface area contributed by atoms with Gasteiger partial charge in [0.25, 0.3) is 5.91 Å². The number of benzene rings is 2. The fourth-order valence-electron chi connectivity index (χ4n) is 3.76. The molecular formula is C25H29N5O3. The molecule has 2 heterocycles. The first-order valence-corrected chi connectivity index (χ1v) is 11.1. The summed E-state index contributed by atoms with van der Waals surface area (Å²) < 4.78 is 6.90. The molecule has 2 aromatic carbocycles. The topological polar surface area (TPSA) is 88.5 Å². The molecule has 0 unspecified atom stereocenters. The fraction of sp³-hybridized carbons (Fsp3) is 0.320. The average Bonchev–Trinajstić information content (AvgIpc) is 3.19. The maximum Gasteiger partial charge on any atom is 0.276 e. The quantitative estimate of drug-likeness (QED) is 0.554. The molecule has 3 aromatic rings. The van der Waals surface area contributed by atoms with Crippen LogP contribution in [0.1, 0.15) is 28.0 Å². The maximum absolute atomic E-state index is 12.8. The van der Waals surface area contributed by atoms with Gasteiger partial charge in [0, 0.05) is 44.9 Å². The van der Waals surface area contributed by atoms with E-state index in [2.05, 4.69) is 26.7 Å². The second-order valence-electron chi connectivity index (χ2n) is 8.12. The molecule has 8 heteroatoms. The molecule has 0 saturated carbocycles. The fourth-order valence-corrected chi connectivity index (χ4v) is 3.76. The van der Waals surface area contributed by atoms with Crippen molar-refractivity contribution >= 4 is 23.3 Å². The molecule has 0 spiro atoms. The Labute approximate surface area is 193 Å². The predicted octanol–water partition coefficient (Wildman–Crippen LogP) is 3.08. The van der Waals surface area contributed by atoms with Gasteiger partial charge >= 0.3 is 0 Å². The Morgan fingerprint density at radius 3 is 2.52 bits per heavy atom. The summed E-state index contributed by atoms with van der Waals surface area (Å²) in [6, 6.07) is 19.3. The zero-order valence-corrected chi connectivity index (χ0v) is 18.8. The summed E-state index contributed by atoms with van der Waals surface area (Å²) in [5, 5.41) is 10.0. The third-order valence-electron chi connectivity index (χ3n) is 5.56. The number of anilines is 2. The number of amides is 2. The number of nitrogens with zero attached hydrogens (tertiary/aromatic N) is 3. The minimum atomic E-state index is -0.320. The molecule has 33 heavy (non-hydrogen) atoms. The summed E-state index contributed by atoms with van der Waals surface area (Å²) in [4.78, 5) is 27.4. The number of hydrogen-bond donors (Lipinski definition) is 2. The molecule has 1 aliphatic rings. The van der Waals surface area contributed by atoms with Crippen LogP contribution in [-0.2, 0) is 29.5 Å². The first kappa shape index (κ1) is 22.7. The third-order valence-corrected chi connectivity index (χ3v) is 5.56. The first-order chi connectivity index (χ1) is 16.1. The second-order valence-corrected chi connectivity index (χ2v) is 8.12. The van der Waals surface area contributed by atoms with Crippen LogP contribution in [0.5, 0.6) is 0 Å². The summed E-state index contributed by atoms with van der Waals surface area (Å²) in [5.41, 5.74) is 3.19. The molecule has 0 aliphatic carbocycles. The lowest BCUT2D eigenvalue weighted by Crippen LogP contribution is -2.35. The van der Waals surface area contributed by atoms with Crippen LogP contribution in [0, 0.1) is 0 Å². The zero-order valence-electron chi connectivity index (χ0n) is 18.8. The van der Waals surface area contributed by atoms with Gasteiger partial charge in [-0.1, -0.05) is 42.5 Å². The molecule has 0 atom stereocenters. The number of aryl methyl sites for hydroxylation is 2. The van der Waals surface area contributed by atoms with Crippen LogP contribution < -0.4 is 10.6 Å². The van der Waals surface area contributed by atoms with E-state index in [1.807, 2.05) is 48.5 Å². The van der Waals surface area contributed by atoms with Crippen molar-refractivity contribution in [1.29, 1.82) is 0 Å². The van der Waals surface area contributed by atoms with Crippen molar-refractivity contribution in [2.24, 2.45) is 7.05 Å². The SMILES string of the molecule is Cn1nc(C(=O)Nc2cccc(CN3CCOCC3)c2)cc1NC(=O)CCc1ccccc1. The minimum Gasteiger partial charge on any atom is -0.379 e. The lowest BCUT2D eigenvalue weighted by atomic mass is 10.1. The molecule has 1 aliphatic heterocycles. The van der Waals surface area contributed by atoms with Gasteiger partial charge in [0.05, 0.1) is 13.2 Å². The van der Waals surface area contributed by atoms with Crippen LogP contribution in [0.4, 0.5) is 11.5 Å². The molecule has 2 N–H and O–H groups in total. The van der Waals surface area contributed by atoms with Crippen LogP contribution in [0.2, 0.25) is 0 Å². The van der Waals surface area contributed by atoms with Crippen molar-refractivity contribution < 1.29 is 14.3 Å². The number of morpholine rings is 1. The lowest BCUT2D eigenvalue weighted by Gasteiger charge is -2.26. The number of carbonyl (C=O) groups excluding carboxylic acids is 2. The molecule has 1 fully saturated rings. The molecular weight excluding hydrogens is 418 g/mol. The van der Waals surface area contributed by atoms with E-state index in [0.29, 0.717) is 24.3 Å². The Bertz CT molecular complexity index is 1090. The van der Waals surface area contributed by atoms with Crippen LogP contribution in [0.15, 0.2) is 60.7 Å². The monoisotopic (exact) mass is 447 g/mol. The first-order valence-electron chi connectivity index (χ1n) is 11.1. The Hall–Kier alpha value is -3.49. The van der Waals surface area contributed by atoms with Gasteiger partial charge < -0.3 is 15.4 Å². The Morgan fingerprint density at radius 2 is 1.73 bits per heavy atom. The van der Waals surface area contributed by atoms with Crippen molar-refractivity contribution in [3.05, 3.63) is 77.5 Å². The van der Waals surface area contributed by atoms with E-state index in [4.69, 9.17) is 4.74 Å². The molecule has 1 aromatic heterocycles. The average molecular weight is 448 g/mol. The van der Waals surface area contributed by atoms with E-state index in [0.717, 1.165) is 44.0 Å². The number of nitrogens with one attached hydrogen (secondary N) is 2. The van der Waals surface area contributed by atoms with Gasteiger partial charge in [0.15, 0.2) is 5.69 Å². The summed E-state index contributed by atoms with van der Waals surface area (Å²) in [6.07, 6.45) is 1.01. The van der Waals surface area contributed by atoms with Crippen molar-refractivity contribution in [3.63, 3.8) is 0 Å². The van der Waals surface area contributed by atoms with Crippen molar-refractivity contribution in [3.8, 4) is 0 Å². The van der Waals surface area contributed by atoms with Crippen LogP contribution in [0.25, 0.3) is 0 Å². The second kappa shape index (κ2) is 10.9. The largest absolute Gasteiger partial charge is 0.379 e. The van der Waals surface area contributed by atoms with Gasteiger partial charge in [-0.25, -0.2) is 0 Å². The van der Waals surface area contributed by atoms with Gasteiger partial charge in [-0.3, -0.25) is 19.2 Å². The zero-order chi connectivity index (χ0) is 23.0. The smallest absolute Gasteiger partial charge is 0.276 e. The standard InChI is InChI=1S/C25H29N5O3/c1-29-23(27-24(31)11-10-19-6-3-2-4-7-19)17-22(28-29)25(32)26-21-9-5-8-20(16-21)18-30-12-14-33-15-13-30/h2-9,16-17H,10-15,18H2,1H3,(H,26,32)(H,27,31). The summed E-state index contributed by atoms with van der Waals surface area (Å²) in [5.74, 6) is 0.0443. The van der Waals surface area contributed by atoms with Crippen molar-refractivity contribution in [2.75, 3.05) is 36.9 Å². The predicted molar refractivity (Wildman–Crippen MR) is 127 cm³/mol. The highest BCUT2D eigenvalue weighted by Crippen LogP contribution is 2.16. The highest BCUT2D eigenvalue weighted by atomic mass is 16.5.